The van der Waals surface area contributed by atoms with Gasteiger partial charge in [0.1, 0.15) is 6.26 Å². The molecule has 0 saturated heterocycles. The Balaban J connectivity index is 2.07. The second kappa shape index (κ2) is 6.07. The lowest BCUT2D eigenvalue weighted by atomic mass is 10.0. The van der Waals surface area contributed by atoms with Gasteiger partial charge >= 0.3 is 0 Å². The van der Waals surface area contributed by atoms with E-state index in [0.29, 0.717) is 6.04 Å². The monoisotopic (exact) mass is 262 g/mol. The smallest absolute Gasteiger partial charge is 0.255 e. The molecule has 18 heavy (non-hydrogen) atoms. The summed E-state index contributed by atoms with van der Waals surface area (Å²) in [4.78, 5) is 4.12. The summed E-state index contributed by atoms with van der Waals surface area (Å²) in [5.41, 5.74) is 3.91. The quantitative estimate of drug-likeness (QED) is 0.839. The Morgan fingerprint density at radius 1 is 1.28 bits per heavy atom. The van der Waals surface area contributed by atoms with Gasteiger partial charge in [0, 0.05) is 11.8 Å². The number of thioether (sulfide) groups is 1. The second-order valence-corrected chi connectivity index (χ2v) is 5.34. The standard InChI is InChI=1S/C14H18N2OS/c1-10-6-11(2)8-12(7-10)13(15-3)9-18-14-16-4-5-17-14/h4-8,13,15H,9H2,1-3H3. The number of aryl methyl sites for hydroxylation is 2. The molecular weight excluding hydrogens is 244 g/mol. The van der Waals surface area contributed by atoms with Crippen LogP contribution in [0.15, 0.2) is 40.3 Å². The lowest BCUT2D eigenvalue weighted by Gasteiger charge is -2.16. The number of benzene rings is 1. The summed E-state index contributed by atoms with van der Waals surface area (Å²) in [5, 5.41) is 4.07. The van der Waals surface area contributed by atoms with Crippen molar-refractivity contribution in [3.63, 3.8) is 0 Å². The van der Waals surface area contributed by atoms with Crippen molar-refractivity contribution in [1.29, 1.82) is 0 Å². The van der Waals surface area contributed by atoms with E-state index in [4.69, 9.17) is 4.42 Å². The van der Waals surface area contributed by atoms with E-state index in [1.54, 1.807) is 24.2 Å². The predicted octanol–water partition coefficient (Wildman–Crippen LogP) is 3.34. The van der Waals surface area contributed by atoms with Crippen LogP contribution < -0.4 is 5.32 Å². The van der Waals surface area contributed by atoms with E-state index in [1.165, 1.54) is 16.7 Å². The maximum absolute atomic E-state index is 5.24. The van der Waals surface area contributed by atoms with E-state index < -0.39 is 0 Å². The van der Waals surface area contributed by atoms with Gasteiger partial charge in [0.25, 0.3) is 5.22 Å². The second-order valence-electron chi connectivity index (χ2n) is 4.37. The van der Waals surface area contributed by atoms with E-state index in [0.717, 1.165) is 11.0 Å². The fraction of sp³-hybridized carbons (Fsp3) is 0.357. The molecule has 0 aliphatic carbocycles. The third-order valence-electron chi connectivity index (χ3n) is 2.78. The molecular formula is C14H18N2OS. The average molecular weight is 262 g/mol. The molecule has 2 rings (SSSR count). The summed E-state index contributed by atoms with van der Waals surface area (Å²) in [6.07, 6.45) is 3.28. The zero-order chi connectivity index (χ0) is 13.0. The molecule has 1 aromatic heterocycles. The highest BCUT2D eigenvalue weighted by atomic mass is 32.2. The third-order valence-corrected chi connectivity index (χ3v) is 3.73. The first-order chi connectivity index (χ1) is 8.69. The van der Waals surface area contributed by atoms with Crippen molar-refractivity contribution in [1.82, 2.24) is 10.3 Å². The molecule has 0 radical (unpaired) electrons. The van der Waals surface area contributed by atoms with E-state index in [2.05, 4.69) is 42.3 Å². The number of aromatic nitrogens is 1. The molecule has 0 fully saturated rings. The minimum atomic E-state index is 0.306. The van der Waals surface area contributed by atoms with Crippen LogP contribution >= 0.6 is 11.8 Å². The van der Waals surface area contributed by atoms with Crippen LogP contribution in [0.2, 0.25) is 0 Å². The van der Waals surface area contributed by atoms with Crippen LogP contribution in [-0.2, 0) is 0 Å². The van der Waals surface area contributed by atoms with Crippen LogP contribution in [-0.4, -0.2) is 17.8 Å². The molecule has 0 bridgehead atoms. The van der Waals surface area contributed by atoms with Crippen LogP contribution in [0.5, 0.6) is 0 Å². The first-order valence-corrected chi connectivity index (χ1v) is 6.95. The Labute approximate surface area is 112 Å². The minimum Gasteiger partial charge on any atom is -0.440 e. The number of hydrogen-bond donors (Lipinski definition) is 1. The van der Waals surface area contributed by atoms with Crippen LogP contribution in [0.3, 0.4) is 0 Å². The van der Waals surface area contributed by atoms with E-state index in [1.807, 2.05) is 7.05 Å². The van der Waals surface area contributed by atoms with Gasteiger partial charge in [-0.15, -0.1) is 0 Å². The van der Waals surface area contributed by atoms with Crippen molar-refractivity contribution >= 4 is 11.8 Å². The highest BCUT2D eigenvalue weighted by Crippen LogP contribution is 2.24. The lowest BCUT2D eigenvalue weighted by Crippen LogP contribution is -2.19. The van der Waals surface area contributed by atoms with E-state index >= 15 is 0 Å². The summed E-state index contributed by atoms with van der Waals surface area (Å²) < 4.78 is 5.24. The topological polar surface area (TPSA) is 38.1 Å². The van der Waals surface area contributed by atoms with E-state index in [-0.39, 0.29) is 0 Å². The summed E-state index contributed by atoms with van der Waals surface area (Å²) in [6, 6.07) is 6.95. The van der Waals surface area contributed by atoms with Gasteiger partial charge in [0.2, 0.25) is 0 Å². The van der Waals surface area contributed by atoms with Crippen LogP contribution in [0, 0.1) is 13.8 Å². The Hall–Kier alpha value is -1.26. The van der Waals surface area contributed by atoms with Gasteiger partial charge in [0.05, 0.1) is 6.20 Å². The summed E-state index contributed by atoms with van der Waals surface area (Å²) >= 11 is 1.63. The first-order valence-electron chi connectivity index (χ1n) is 5.97. The molecule has 1 aromatic carbocycles. The fourth-order valence-corrected chi connectivity index (χ4v) is 2.92. The molecule has 0 aliphatic heterocycles. The van der Waals surface area contributed by atoms with Gasteiger partial charge in [-0.3, -0.25) is 0 Å². The molecule has 0 spiro atoms. The van der Waals surface area contributed by atoms with Crippen molar-refractivity contribution in [3.8, 4) is 0 Å². The minimum absolute atomic E-state index is 0.306. The van der Waals surface area contributed by atoms with Crippen molar-refractivity contribution in [2.24, 2.45) is 0 Å². The zero-order valence-electron chi connectivity index (χ0n) is 10.9. The van der Waals surface area contributed by atoms with Crippen molar-refractivity contribution in [2.75, 3.05) is 12.8 Å². The predicted molar refractivity (Wildman–Crippen MR) is 74.9 cm³/mol. The summed E-state index contributed by atoms with van der Waals surface area (Å²) in [7, 11) is 1.98. The third kappa shape index (κ3) is 3.37. The number of nitrogens with zero attached hydrogens (tertiary/aromatic N) is 1. The first kappa shape index (κ1) is 13.2. The highest BCUT2D eigenvalue weighted by molar-refractivity contribution is 7.99. The van der Waals surface area contributed by atoms with Gasteiger partial charge in [-0.25, -0.2) is 4.98 Å². The Morgan fingerprint density at radius 3 is 2.56 bits per heavy atom. The SMILES string of the molecule is CNC(CSc1ncco1)c1cc(C)cc(C)c1. The molecule has 1 N–H and O–H groups in total. The lowest BCUT2D eigenvalue weighted by molar-refractivity contribution is 0.453. The normalized spacial score (nSPS) is 12.6. The molecule has 0 amide bonds. The van der Waals surface area contributed by atoms with Crippen LogP contribution in [0.4, 0.5) is 0 Å². The molecule has 1 atom stereocenters. The Bertz CT molecular complexity index is 476. The summed E-state index contributed by atoms with van der Waals surface area (Å²) in [5.74, 6) is 0.903. The summed E-state index contributed by atoms with van der Waals surface area (Å²) in [6.45, 7) is 4.26. The zero-order valence-corrected chi connectivity index (χ0v) is 11.8. The molecule has 4 heteroatoms. The van der Waals surface area contributed by atoms with Gasteiger partial charge in [-0.05, 0) is 26.5 Å². The highest BCUT2D eigenvalue weighted by Gasteiger charge is 2.12. The van der Waals surface area contributed by atoms with Gasteiger partial charge in [0.15, 0.2) is 0 Å². The average Bonchev–Trinajstić information content (AvgIpc) is 2.81. The molecule has 1 heterocycles. The largest absolute Gasteiger partial charge is 0.440 e. The van der Waals surface area contributed by atoms with Gasteiger partial charge in [-0.2, -0.15) is 0 Å². The van der Waals surface area contributed by atoms with Crippen molar-refractivity contribution in [2.45, 2.75) is 25.1 Å². The van der Waals surface area contributed by atoms with Crippen molar-refractivity contribution < 1.29 is 4.42 Å². The molecule has 1 unspecified atom stereocenters. The molecule has 2 aromatic rings. The Kier molecular flexibility index (Phi) is 4.44. The van der Waals surface area contributed by atoms with Gasteiger partial charge < -0.3 is 9.73 Å². The Morgan fingerprint density at radius 2 is 2.00 bits per heavy atom. The number of nitrogens with one attached hydrogen (secondary N) is 1. The van der Waals surface area contributed by atoms with Gasteiger partial charge in [-0.1, -0.05) is 41.1 Å². The maximum Gasteiger partial charge on any atom is 0.255 e. The molecule has 3 nitrogen and oxygen atoms in total. The molecule has 0 aliphatic rings. The van der Waals surface area contributed by atoms with Crippen LogP contribution in [0.1, 0.15) is 22.7 Å². The fourth-order valence-electron chi connectivity index (χ4n) is 1.99. The molecule has 0 saturated carbocycles. The number of rotatable bonds is 5. The van der Waals surface area contributed by atoms with Crippen molar-refractivity contribution in [3.05, 3.63) is 47.3 Å². The van der Waals surface area contributed by atoms with Crippen LogP contribution in [0.25, 0.3) is 0 Å². The van der Waals surface area contributed by atoms with E-state index in [9.17, 15) is 0 Å². The number of oxazole rings is 1. The number of hydrogen-bond acceptors (Lipinski definition) is 4. The molecule has 96 valence electrons. The maximum atomic E-state index is 5.24.